The van der Waals surface area contributed by atoms with E-state index in [-0.39, 0.29) is 5.82 Å². The topological polar surface area (TPSA) is 37.3 Å². The molecule has 5 heteroatoms. The predicted molar refractivity (Wildman–Crippen MR) is 94.5 cm³/mol. The Hall–Kier alpha value is -2.53. The quantitative estimate of drug-likeness (QED) is 0.535. The number of aromatic nitrogens is 1. The van der Waals surface area contributed by atoms with Crippen molar-refractivity contribution in [3.8, 4) is 11.3 Å². The Kier molecular flexibility index (Phi) is 4.48. The molecule has 3 nitrogen and oxygen atoms in total. The van der Waals surface area contributed by atoms with E-state index < -0.39 is 0 Å². The van der Waals surface area contributed by atoms with Crippen molar-refractivity contribution in [2.24, 2.45) is 5.10 Å². The molecule has 0 unspecified atom stereocenters. The number of hydrogen-bond acceptors (Lipinski definition) is 4. The average Bonchev–Trinajstić information content (AvgIpc) is 3.03. The van der Waals surface area contributed by atoms with Gasteiger partial charge in [-0.2, -0.15) is 5.10 Å². The van der Waals surface area contributed by atoms with Gasteiger partial charge in [0.05, 0.1) is 11.4 Å². The van der Waals surface area contributed by atoms with Crippen molar-refractivity contribution in [1.29, 1.82) is 0 Å². The van der Waals surface area contributed by atoms with E-state index >= 15 is 0 Å². The molecule has 0 radical (unpaired) electrons. The molecule has 116 valence electrons. The van der Waals surface area contributed by atoms with Crippen molar-refractivity contribution < 1.29 is 4.39 Å². The van der Waals surface area contributed by atoms with Crippen LogP contribution in [0.3, 0.4) is 0 Å². The third-order valence-corrected chi connectivity index (χ3v) is 4.18. The minimum Gasteiger partial charge on any atom is -0.252 e. The maximum Gasteiger partial charge on any atom is 0.203 e. The Morgan fingerprint density at radius 3 is 2.48 bits per heavy atom. The number of nitrogens with one attached hydrogen (secondary N) is 1. The fraction of sp³-hybridized carbons (Fsp3) is 0.111. The largest absolute Gasteiger partial charge is 0.252 e. The molecule has 0 aliphatic rings. The number of anilines is 1. The summed E-state index contributed by atoms with van der Waals surface area (Å²) in [6, 6.07) is 14.5. The first-order valence-electron chi connectivity index (χ1n) is 7.20. The second-order valence-corrected chi connectivity index (χ2v) is 6.08. The molecule has 0 spiro atoms. The van der Waals surface area contributed by atoms with Gasteiger partial charge in [0.25, 0.3) is 0 Å². The molecule has 0 amide bonds. The molecule has 23 heavy (non-hydrogen) atoms. The molecule has 1 heterocycles. The van der Waals surface area contributed by atoms with Crippen molar-refractivity contribution in [2.45, 2.75) is 13.8 Å². The molecule has 1 aromatic heterocycles. The summed E-state index contributed by atoms with van der Waals surface area (Å²) in [5.74, 6) is -0.249. The first-order chi connectivity index (χ1) is 11.1. The van der Waals surface area contributed by atoms with E-state index in [9.17, 15) is 4.39 Å². The van der Waals surface area contributed by atoms with Crippen LogP contribution in [0.15, 0.2) is 59.0 Å². The lowest BCUT2D eigenvalue weighted by molar-refractivity contribution is 0.628. The second kappa shape index (κ2) is 6.71. The maximum absolute atomic E-state index is 13.0. The van der Waals surface area contributed by atoms with Crippen LogP contribution in [0.4, 0.5) is 9.52 Å². The minimum absolute atomic E-state index is 0.249. The van der Waals surface area contributed by atoms with Crippen LogP contribution in [0.1, 0.15) is 18.1 Å². The zero-order valence-electron chi connectivity index (χ0n) is 12.9. The highest BCUT2D eigenvalue weighted by Crippen LogP contribution is 2.25. The molecule has 0 saturated carbocycles. The standard InChI is InChI=1S/C18H16FN3S/c1-12-3-5-14(6-4-12)13(2)21-22-18-20-17(11-23-18)15-7-9-16(19)10-8-15/h3-11H,1-2H3,(H,20,22). The zero-order valence-corrected chi connectivity index (χ0v) is 13.7. The summed E-state index contributed by atoms with van der Waals surface area (Å²) in [7, 11) is 0. The van der Waals surface area contributed by atoms with Crippen molar-refractivity contribution >= 4 is 22.2 Å². The molecular weight excluding hydrogens is 309 g/mol. The van der Waals surface area contributed by atoms with Gasteiger partial charge in [-0.25, -0.2) is 9.37 Å². The highest BCUT2D eigenvalue weighted by Gasteiger charge is 2.04. The van der Waals surface area contributed by atoms with Gasteiger partial charge in [-0.1, -0.05) is 29.8 Å². The lowest BCUT2D eigenvalue weighted by Gasteiger charge is -2.02. The molecule has 3 aromatic rings. The van der Waals surface area contributed by atoms with E-state index in [0.29, 0.717) is 5.13 Å². The Labute approximate surface area is 138 Å². The number of nitrogens with zero attached hydrogens (tertiary/aromatic N) is 2. The monoisotopic (exact) mass is 325 g/mol. The van der Waals surface area contributed by atoms with E-state index in [0.717, 1.165) is 22.5 Å². The Bertz CT molecular complexity index is 820. The summed E-state index contributed by atoms with van der Waals surface area (Å²) < 4.78 is 13.0. The molecule has 1 N–H and O–H groups in total. The van der Waals surface area contributed by atoms with Crippen LogP contribution in [0, 0.1) is 12.7 Å². The Morgan fingerprint density at radius 2 is 1.78 bits per heavy atom. The number of rotatable bonds is 4. The summed E-state index contributed by atoms with van der Waals surface area (Å²) >= 11 is 1.47. The summed E-state index contributed by atoms with van der Waals surface area (Å²) in [6.07, 6.45) is 0. The highest BCUT2D eigenvalue weighted by molar-refractivity contribution is 7.14. The summed E-state index contributed by atoms with van der Waals surface area (Å²) in [6.45, 7) is 4.01. The molecule has 2 aromatic carbocycles. The fourth-order valence-electron chi connectivity index (χ4n) is 2.07. The van der Waals surface area contributed by atoms with Crippen LogP contribution >= 0.6 is 11.3 Å². The first kappa shape index (κ1) is 15.4. The van der Waals surface area contributed by atoms with Crippen molar-refractivity contribution in [3.63, 3.8) is 0 Å². The van der Waals surface area contributed by atoms with Crippen molar-refractivity contribution in [2.75, 3.05) is 5.43 Å². The van der Waals surface area contributed by atoms with Crippen molar-refractivity contribution in [3.05, 3.63) is 70.9 Å². The molecule has 0 saturated heterocycles. The molecule has 0 aliphatic heterocycles. The van der Waals surface area contributed by atoms with Crippen LogP contribution in [0.25, 0.3) is 11.3 Å². The highest BCUT2D eigenvalue weighted by atomic mass is 32.1. The number of aryl methyl sites for hydroxylation is 1. The third-order valence-electron chi connectivity index (χ3n) is 3.43. The molecular formula is C18H16FN3S. The molecule has 0 fully saturated rings. The lowest BCUT2D eigenvalue weighted by atomic mass is 10.1. The molecule has 0 aliphatic carbocycles. The van der Waals surface area contributed by atoms with Crippen molar-refractivity contribution in [1.82, 2.24) is 4.98 Å². The maximum atomic E-state index is 13.0. The van der Waals surface area contributed by atoms with Crippen LogP contribution in [0.5, 0.6) is 0 Å². The van der Waals surface area contributed by atoms with Gasteiger partial charge in [0.2, 0.25) is 5.13 Å². The Morgan fingerprint density at radius 1 is 1.09 bits per heavy atom. The van der Waals surface area contributed by atoms with Crippen LogP contribution < -0.4 is 5.43 Å². The smallest absolute Gasteiger partial charge is 0.203 e. The first-order valence-corrected chi connectivity index (χ1v) is 8.08. The van der Waals surface area contributed by atoms with Gasteiger partial charge in [-0.05, 0) is 43.7 Å². The lowest BCUT2D eigenvalue weighted by Crippen LogP contribution is -1.99. The minimum atomic E-state index is -0.249. The fourth-order valence-corrected chi connectivity index (χ4v) is 2.73. The van der Waals surface area contributed by atoms with Crippen LogP contribution in [-0.4, -0.2) is 10.7 Å². The predicted octanol–water partition coefficient (Wildman–Crippen LogP) is 5.09. The van der Waals surface area contributed by atoms with Gasteiger partial charge < -0.3 is 0 Å². The summed E-state index contributed by atoms with van der Waals surface area (Å²) in [4.78, 5) is 4.47. The molecule has 0 atom stereocenters. The number of thiazole rings is 1. The van der Waals surface area contributed by atoms with Gasteiger partial charge in [0.15, 0.2) is 0 Å². The van der Waals surface area contributed by atoms with E-state index in [1.165, 1.54) is 29.0 Å². The van der Waals surface area contributed by atoms with Gasteiger partial charge >= 0.3 is 0 Å². The number of hydrazone groups is 1. The number of halogens is 1. The normalized spacial score (nSPS) is 11.5. The number of benzene rings is 2. The SMILES string of the molecule is CC(=NNc1nc(-c2ccc(F)cc2)cs1)c1ccc(C)cc1. The van der Waals surface area contributed by atoms with Crippen LogP contribution in [0.2, 0.25) is 0 Å². The van der Waals surface area contributed by atoms with E-state index in [1.807, 2.05) is 24.4 Å². The molecule has 0 bridgehead atoms. The van der Waals surface area contributed by atoms with E-state index in [1.54, 1.807) is 12.1 Å². The van der Waals surface area contributed by atoms with Gasteiger partial charge in [-0.15, -0.1) is 11.3 Å². The molecule has 3 rings (SSSR count). The van der Waals surface area contributed by atoms with Gasteiger partial charge in [0.1, 0.15) is 5.82 Å². The Balaban J connectivity index is 1.72. The average molecular weight is 325 g/mol. The van der Waals surface area contributed by atoms with E-state index in [2.05, 4.69) is 34.6 Å². The third kappa shape index (κ3) is 3.81. The summed E-state index contributed by atoms with van der Waals surface area (Å²) in [5.41, 5.74) is 7.85. The summed E-state index contributed by atoms with van der Waals surface area (Å²) in [5, 5.41) is 7.00. The van der Waals surface area contributed by atoms with Gasteiger partial charge in [0, 0.05) is 10.9 Å². The van der Waals surface area contributed by atoms with Gasteiger partial charge in [-0.3, -0.25) is 5.43 Å². The number of hydrogen-bond donors (Lipinski definition) is 1. The second-order valence-electron chi connectivity index (χ2n) is 5.22. The zero-order chi connectivity index (χ0) is 16.2. The van der Waals surface area contributed by atoms with Crippen LogP contribution in [-0.2, 0) is 0 Å². The van der Waals surface area contributed by atoms with E-state index in [4.69, 9.17) is 0 Å².